The number of benzene rings is 1. The monoisotopic (exact) mass is 321 g/mol. The molecule has 0 bridgehead atoms. The number of nitrogens with zero attached hydrogens (tertiary/aromatic N) is 4. The van der Waals surface area contributed by atoms with Crippen LogP contribution in [0.15, 0.2) is 42.9 Å². The van der Waals surface area contributed by atoms with Crippen molar-refractivity contribution in [2.45, 2.75) is 37.6 Å². The van der Waals surface area contributed by atoms with E-state index in [0.717, 1.165) is 28.8 Å². The third-order valence-corrected chi connectivity index (χ3v) is 4.96. The largest absolute Gasteiger partial charge is 0.320 e. The number of nitrogens with one attached hydrogen (secondary N) is 1. The van der Waals surface area contributed by atoms with Crippen molar-refractivity contribution >= 4 is 11.0 Å². The summed E-state index contributed by atoms with van der Waals surface area (Å²) in [5.74, 6) is 0. The first-order valence-corrected chi connectivity index (χ1v) is 8.73. The smallest absolute Gasteiger partial charge is 0.0924 e. The Labute approximate surface area is 142 Å². The van der Waals surface area contributed by atoms with Gasteiger partial charge in [-0.2, -0.15) is 5.10 Å². The predicted octanol–water partition coefficient (Wildman–Crippen LogP) is 3.37. The van der Waals surface area contributed by atoms with Crippen molar-refractivity contribution in [2.75, 3.05) is 13.6 Å². The van der Waals surface area contributed by atoms with E-state index in [0.29, 0.717) is 0 Å². The summed E-state index contributed by atoms with van der Waals surface area (Å²) in [5.41, 5.74) is 4.05. The number of hydrogen-bond acceptors (Lipinski definition) is 4. The molecule has 0 unspecified atom stereocenters. The molecule has 0 spiro atoms. The summed E-state index contributed by atoms with van der Waals surface area (Å²) in [5, 5.41) is 7.86. The fourth-order valence-electron chi connectivity index (χ4n) is 3.30. The van der Waals surface area contributed by atoms with Gasteiger partial charge in [0.25, 0.3) is 0 Å². The van der Waals surface area contributed by atoms with Crippen molar-refractivity contribution in [3.63, 3.8) is 0 Å². The van der Waals surface area contributed by atoms with Gasteiger partial charge in [0.2, 0.25) is 0 Å². The Balaban J connectivity index is 1.53. The normalized spacial score (nSPS) is 15.7. The predicted molar refractivity (Wildman–Crippen MR) is 95.7 cm³/mol. The van der Waals surface area contributed by atoms with Crippen LogP contribution in [0.3, 0.4) is 0 Å². The quantitative estimate of drug-likeness (QED) is 0.678. The zero-order chi connectivity index (χ0) is 16.4. The van der Waals surface area contributed by atoms with Crippen molar-refractivity contribution < 1.29 is 0 Å². The van der Waals surface area contributed by atoms with E-state index in [4.69, 9.17) is 4.98 Å². The Kier molecular flexibility index (Phi) is 4.02. The highest BCUT2D eigenvalue weighted by molar-refractivity contribution is 5.76. The molecule has 1 aromatic carbocycles. The van der Waals surface area contributed by atoms with Crippen molar-refractivity contribution in [3.8, 4) is 11.3 Å². The van der Waals surface area contributed by atoms with Gasteiger partial charge in [-0.15, -0.1) is 0 Å². The maximum Gasteiger partial charge on any atom is 0.0924 e. The Morgan fingerprint density at radius 3 is 2.75 bits per heavy atom. The zero-order valence-electron chi connectivity index (χ0n) is 14.1. The summed E-state index contributed by atoms with van der Waals surface area (Å²) >= 11 is 0. The molecule has 1 fully saturated rings. The molecule has 124 valence electrons. The van der Waals surface area contributed by atoms with Crippen LogP contribution in [0.2, 0.25) is 0 Å². The summed E-state index contributed by atoms with van der Waals surface area (Å²) in [6, 6.07) is 7.97. The maximum atomic E-state index is 4.72. The summed E-state index contributed by atoms with van der Waals surface area (Å²) in [6.07, 6.45) is 12.0. The molecule has 24 heavy (non-hydrogen) atoms. The lowest BCUT2D eigenvalue weighted by Crippen LogP contribution is -2.18. The maximum absolute atomic E-state index is 4.72. The van der Waals surface area contributed by atoms with Crippen LogP contribution in [0.25, 0.3) is 22.3 Å². The van der Waals surface area contributed by atoms with Gasteiger partial charge in [0.05, 0.1) is 34.7 Å². The third kappa shape index (κ3) is 2.91. The lowest BCUT2D eigenvalue weighted by atomic mass is 10.1. The van der Waals surface area contributed by atoms with Crippen LogP contribution in [-0.4, -0.2) is 33.3 Å². The number of para-hydroxylation sites is 2. The highest BCUT2D eigenvalue weighted by Crippen LogP contribution is 2.47. The standard InChI is InChI=1S/C19H23N5/c1-20-11-5-4-8-19(9-10-19)24-14-15(12-22-24)18-13-21-16-6-2-3-7-17(16)23-18/h2-3,6-7,12-14,20H,4-5,8-11H2,1H3. The zero-order valence-corrected chi connectivity index (χ0v) is 14.1. The van der Waals surface area contributed by atoms with Crippen LogP contribution in [0.1, 0.15) is 32.1 Å². The van der Waals surface area contributed by atoms with Gasteiger partial charge in [-0.3, -0.25) is 9.67 Å². The summed E-state index contributed by atoms with van der Waals surface area (Å²) in [6.45, 7) is 1.09. The molecule has 1 aliphatic carbocycles. The Hall–Kier alpha value is -2.27. The first-order chi connectivity index (χ1) is 11.8. The van der Waals surface area contributed by atoms with Gasteiger partial charge in [-0.05, 0) is 57.8 Å². The van der Waals surface area contributed by atoms with E-state index in [-0.39, 0.29) is 5.54 Å². The fourth-order valence-corrected chi connectivity index (χ4v) is 3.30. The lowest BCUT2D eigenvalue weighted by Gasteiger charge is -2.15. The number of hydrogen-bond donors (Lipinski definition) is 1. The Morgan fingerprint density at radius 1 is 1.12 bits per heavy atom. The van der Waals surface area contributed by atoms with Crippen molar-refractivity contribution in [1.29, 1.82) is 0 Å². The van der Waals surface area contributed by atoms with Crippen molar-refractivity contribution in [3.05, 3.63) is 42.9 Å². The summed E-state index contributed by atoms with van der Waals surface area (Å²) < 4.78 is 2.17. The van der Waals surface area contributed by atoms with Crippen LogP contribution in [-0.2, 0) is 5.54 Å². The lowest BCUT2D eigenvalue weighted by molar-refractivity contribution is 0.385. The van der Waals surface area contributed by atoms with Crippen molar-refractivity contribution in [1.82, 2.24) is 25.1 Å². The SMILES string of the molecule is CNCCCCC1(n2cc(-c3cnc4ccccc4n3)cn2)CC1. The molecule has 5 nitrogen and oxygen atoms in total. The van der Waals surface area contributed by atoms with Crippen LogP contribution >= 0.6 is 0 Å². The molecule has 2 aromatic heterocycles. The topological polar surface area (TPSA) is 55.6 Å². The summed E-state index contributed by atoms with van der Waals surface area (Å²) in [4.78, 5) is 9.23. The number of fused-ring (bicyclic) bond motifs is 1. The van der Waals surface area contributed by atoms with E-state index in [1.807, 2.05) is 43.7 Å². The van der Waals surface area contributed by atoms with Gasteiger partial charge in [0.1, 0.15) is 0 Å². The Bertz CT molecular complexity index is 834. The summed E-state index contributed by atoms with van der Waals surface area (Å²) in [7, 11) is 2.01. The second-order valence-electron chi connectivity index (χ2n) is 6.70. The van der Waals surface area contributed by atoms with Crippen molar-refractivity contribution in [2.24, 2.45) is 0 Å². The van der Waals surface area contributed by atoms with E-state index in [9.17, 15) is 0 Å². The van der Waals surface area contributed by atoms with E-state index in [2.05, 4.69) is 26.3 Å². The van der Waals surface area contributed by atoms with Gasteiger partial charge in [-0.1, -0.05) is 12.1 Å². The molecule has 5 heteroatoms. The number of unbranched alkanes of at least 4 members (excludes halogenated alkanes) is 1. The molecular weight excluding hydrogens is 298 g/mol. The first-order valence-electron chi connectivity index (χ1n) is 8.73. The second kappa shape index (κ2) is 6.32. The average Bonchev–Trinajstić information content (AvgIpc) is 3.24. The van der Waals surface area contributed by atoms with Gasteiger partial charge < -0.3 is 5.32 Å². The van der Waals surface area contributed by atoms with Crippen LogP contribution < -0.4 is 5.32 Å². The highest BCUT2D eigenvalue weighted by atomic mass is 15.3. The molecule has 0 saturated heterocycles. The average molecular weight is 321 g/mol. The van der Waals surface area contributed by atoms with Gasteiger partial charge in [0.15, 0.2) is 0 Å². The Morgan fingerprint density at radius 2 is 1.96 bits per heavy atom. The molecule has 1 aliphatic rings. The van der Waals surface area contributed by atoms with Crippen LogP contribution in [0, 0.1) is 0 Å². The van der Waals surface area contributed by atoms with E-state index < -0.39 is 0 Å². The van der Waals surface area contributed by atoms with E-state index in [1.54, 1.807) is 0 Å². The highest BCUT2D eigenvalue weighted by Gasteiger charge is 2.44. The van der Waals surface area contributed by atoms with E-state index in [1.165, 1.54) is 32.1 Å². The van der Waals surface area contributed by atoms with Crippen LogP contribution in [0.5, 0.6) is 0 Å². The minimum Gasteiger partial charge on any atom is -0.320 e. The third-order valence-electron chi connectivity index (χ3n) is 4.96. The fraction of sp³-hybridized carbons (Fsp3) is 0.421. The molecular formula is C19H23N5. The minimum absolute atomic E-state index is 0.246. The number of aromatic nitrogens is 4. The minimum atomic E-state index is 0.246. The first kappa shape index (κ1) is 15.3. The molecule has 0 atom stereocenters. The van der Waals surface area contributed by atoms with Gasteiger partial charge in [0, 0.05) is 11.8 Å². The molecule has 2 heterocycles. The molecule has 0 aliphatic heterocycles. The molecule has 0 radical (unpaired) electrons. The number of rotatable bonds is 7. The van der Waals surface area contributed by atoms with Gasteiger partial charge in [-0.25, -0.2) is 4.98 Å². The molecule has 3 aromatic rings. The molecule has 1 N–H and O–H groups in total. The second-order valence-corrected chi connectivity index (χ2v) is 6.70. The molecule has 4 rings (SSSR count). The molecule has 1 saturated carbocycles. The van der Waals surface area contributed by atoms with Crippen LogP contribution in [0.4, 0.5) is 0 Å². The molecule has 0 amide bonds. The van der Waals surface area contributed by atoms with Gasteiger partial charge >= 0.3 is 0 Å². The van der Waals surface area contributed by atoms with E-state index >= 15 is 0 Å².